The maximum atomic E-state index is 13.8. The van der Waals surface area contributed by atoms with Gasteiger partial charge in [0.05, 0.1) is 19.6 Å². The largest absolute Gasteiger partial charge is 0.496 e. The Balaban J connectivity index is 2.40. The average molecular weight is 262 g/mol. The molecular formula is C12H14ClF2NO. The van der Waals surface area contributed by atoms with Gasteiger partial charge in [0.15, 0.2) is 0 Å². The lowest BCUT2D eigenvalue weighted by Gasteiger charge is -2.33. The molecule has 2 nitrogen and oxygen atoms in total. The summed E-state index contributed by atoms with van der Waals surface area (Å²) in [6, 6.07) is 4.85. The monoisotopic (exact) mass is 261 g/mol. The van der Waals surface area contributed by atoms with E-state index in [-0.39, 0.29) is 6.54 Å². The summed E-state index contributed by atoms with van der Waals surface area (Å²) < 4.78 is 32.8. The highest BCUT2D eigenvalue weighted by atomic mass is 35.5. The van der Waals surface area contributed by atoms with Crippen molar-refractivity contribution in [2.45, 2.75) is 18.3 Å². The summed E-state index contributed by atoms with van der Waals surface area (Å²) in [4.78, 5) is 0. The molecule has 1 unspecified atom stereocenters. The zero-order valence-corrected chi connectivity index (χ0v) is 10.2. The first-order valence-electron chi connectivity index (χ1n) is 5.46. The molecular weight excluding hydrogens is 248 g/mol. The van der Waals surface area contributed by atoms with E-state index in [1.54, 1.807) is 18.2 Å². The second-order valence-corrected chi connectivity index (χ2v) is 4.60. The lowest BCUT2D eigenvalue weighted by Crippen LogP contribution is -2.44. The van der Waals surface area contributed by atoms with Crippen LogP contribution in [0.3, 0.4) is 0 Å². The number of hydrogen-bond donors (Lipinski definition) is 1. The Hall–Kier alpha value is -0.870. The number of hydrogen-bond acceptors (Lipinski definition) is 2. The van der Waals surface area contributed by atoms with Gasteiger partial charge in [-0.05, 0) is 31.2 Å². The molecule has 1 aliphatic rings. The summed E-state index contributed by atoms with van der Waals surface area (Å²) in [6.45, 7) is 0.281. The molecule has 17 heavy (non-hydrogen) atoms. The third-order valence-corrected chi connectivity index (χ3v) is 3.28. The molecule has 1 N–H and O–H groups in total. The predicted octanol–water partition coefficient (Wildman–Crippen LogP) is 3.06. The number of ether oxygens (including phenoxy) is 1. The van der Waals surface area contributed by atoms with Gasteiger partial charge >= 0.3 is 0 Å². The number of halogens is 3. The van der Waals surface area contributed by atoms with Gasteiger partial charge in [0.25, 0.3) is 5.92 Å². The van der Waals surface area contributed by atoms with Crippen LogP contribution >= 0.6 is 11.6 Å². The fourth-order valence-electron chi connectivity index (χ4n) is 2.20. The van der Waals surface area contributed by atoms with E-state index in [9.17, 15) is 8.78 Å². The zero-order valence-electron chi connectivity index (χ0n) is 9.47. The van der Waals surface area contributed by atoms with Crippen LogP contribution in [0, 0.1) is 0 Å². The lowest BCUT2D eigenvalue weighted by molar-refractivity contribution is -0.0425. The quantitative estimate of drug-likeness (QED) is 0.884. The van der Waals surface area contributed by atoms with Gasteiger partial charge in [-0.2, -0.15) is 0 Å². The van der Waals surface area contributed by atoms with Gasteiger partial charge in [0.1, 0.15) is 5.75 Å². The minimum absolute atomic E-state index is 0.298. The fraction of sp³-hybridized carbons (Fsp3) is 0.500. The van der Waals surface area contributed by atoms with Crippen molar-refractivity contribution in [3.8, 4) is 5.75 Å². The van der Waals surface area contributed by atoms with Gasteiger partial charge in [0.2, 0.25) is 0 Å². The van der Waals surface area contributed by atoms with Gasteiger partial charge in [0, 0.05) is 10.6 Å². The van der Waals surface area contributed by atoms with Crippen molar-refractivity contribution >= 4 is 11.6 Å². The molecule has 94 valence electrons. The minimum Gasteiger partial charge on any atom is -0.496 e. The van der Waals surface area contributed by atoms with Crippen molar-refractivity contribution in [2.24, 2.45) is 0 Å². The Kier molecular flexibility index (Phi) is 3.54. The Morgan fingerprint density at radius 3 is 2.88 bits per heavy atom. The number of alkyl halides is 2. The summed E-state index contributed by atoms with van der Waals surface area (Å²) in [6.07, 6.45) is 0.379. The summed E-state index contributed by atoms with van der Waals surface area (Å²) in [5.74, 6) is -3.13. The molecule has 2 rings (SSSR count). The van der Waals surface area contributed by atoms with Gasteiger partial charge in [-0.3, -0.25) is 0 Å². The van der Waals surface area contributed by atoms with Crippen molar-refractivity contribution in [1.82, 2.24) is 5.32 Å². The predicted molar refractivity (Wildman–Crippen MR) is 63.2 cm³/mol. The molecule has 1 aromatic carbocycles. The second kappa shape index (κ2) is 4.78. The van der Waals surface area contributed by atoms with E-state index in [4.69, 9.17) is 16.3 Å². The van der Waals surface area contributed by atoms with Crippen LogP contribution in [0.15, 0.2) is 18.2 Å². The maximum Gasteiger partial charge on any atom is 0.267 e. The number of piperidine rings is 1. The van der Waals surface area contributed by atoms with Crippen LogP contribution in [-0.4, -0.2) is 26.1 Å². The molecule has 0 aliphatic carbocycles. The fourth-order valence-corrected chi connectivity index (χ4v) is 2.38. The van der Waals surface area contributed by atoms with Crippen LogP contribution in [0.1, 0.15) is 17.9 Å². The van der Waals surface area contributed by atoms with E-state index >= 15 is 0 Å². The summed E-state index contributed by atoms with van der Waals surface area (Å²) in [7, 11) is 1.48. The standard InChI is InChI=1S/C12H14ClF2NO/c1-17-11-3-2-8(13)6-9(11)10-4-5-16-7-12(10,14)15/h2-3,6,10,16H,4-5,7H2,1H3. The average Bonchev–Trinajstić information content (AvgIpc) is 2.28. The number of benzene rings is 1. The highest BCUT2D eigenvalue weighted by Gasteiger charge is 2.43. The normalized spacial score (nSPS) is 23.4. The maximum absolute atomic E-state index is 13.8. The third kappa shape index (κ3) is 2.53. The molecule has 1 fully saturated rings. The van der Waals surface area contributed by atoms with Crippen molar-refractivity contribution in [2.75, 3.05) is 20.2 Å². The Bertz CT molecular complexity index is 411. The summed E-state index contributed by atoms with van der Waals surface area (Å²) in [5.41, 5.74) is 0.492. The van der Waals surface area contributed by atoms with Gasteiger partial charge in [-0.15, -0.1) is 0 Å². The van der Waals surface area contributed by atoms with E-state index in [0.717, 1.165) is 0 Å². The van der Waals surface area contributed by atoms with Gasteiger partial charge < -0.3 is 10.1 Å². The second-order valence-electron chi connectivity index (χ2n) is 4.17. The highest BCUT2D eigenvalue weighted by molar-refractivity contribution is 6.30. The number of rotatable bonds is 2. The number of nitrogens with one attached hydrogen (secondary N) is 1. The Morgan fingerprint density at radius 2 is 2.24 bits per heavy atom. The topological polar surface area (TPSA) is 21.3 Å². The first-order chi connectivity index (χ1) is 8.04. The first-order valence-corrected chi connectivity index (χ1v) is 5.84. The van der Waals surface area contributed by atoms with Crippen LogP contribution < -0.4 is 10.1 Å². The molecule has 5 heteroatoms. The van der Waals surface area contributed by atoms with E-state index in [2.05, 4.69) is 5.32 Å². The molecule has 0 spiro atoms. The highest BCUT2D eigenvalue weighted by Crippen LogP contribution is 2.42. The SMILES string of the molecule is COc1ccc(Cl)cc1C1CCNCC1(F)F. The molecule has 0 bridgehead atoms. The van der Waals surface area contributed by atoms with Crippen LogP contribution in [-0.2, 0) is 0 Å². The molecule has 1 aromatic rings. The van der Waals surface area contributed by atoms with Crippen LogP contribution in [0.2, 0.25) is 5.02 Å². The molecule has 0 amide bonds. The zero-order chi connectivity index (χ0) is 12.5. The van der Waals surface area contributed by atoms with Crippen LogP contribution in [0.5, 0.6) is 5.75 Å². The minimum atomic E-state index is -2.77. The first kappa shape index (κ1) is 12.6. The van der Waals surface area contributed by atoms with Crippen molar-refractivity contribution in [1.29, 1.82) is 0 Å². The molecule has 0 aromatic heterocycles. The molecule has 1 atom stereocenters. The van der Waals surface area contributed by atoms with E-state index in [1.165, 1.54) is 7.11 Å². The Labute approximate surface area is 104 Å². The molecule has 1 aliphatic heterocycles. The van der Waals surface area contributed by atoms with E-state index in [1.807, 2.05) is 0 Å². The Morgan fingerprint density at radius 1 is 1.47 bits per heavy atom. The lowest BCUT2D eigenvalue weighted by atomic mass is 9.86. The van der Waals surface area contributed by atoms with Crippen molar-refractivity contribution in [3.63, 3.8) is 0 Å². The van der Waals surface area contributed by atoms with Crippen LogP contribution in [0.25, 0.3) is 0 Å². The van der Waals surface area contributed by atoms with Gasteiger partial charge in [-0.1, -0.05) is 11.6 Å². The summed E-state index contributed by atoms with van der Waals surface area (Å²) in [5, 5.41) is 3.16. The molecule has 0 radical (unpaired) electrons. The van der Waals surface area contributed by atoms with E-state index in [0.29, 0.717) is 29.3 Å². The van der Waals surface area contributed by atoms with E-state index < -0.39 is 11.8 Å². The van der Waals surface area contributed by atoms with Gasteiger partial charge in [-0.25, -0.2) is 8.78 Å². The number of methoxy groups -OCH3 is 1. The smallest absolute Gasteiger partial charge is 0.267 e. The van der Waals surface area contributed by atoms with Crippen molar-refractivity contribution < 1.29 is 13.5 Å². The molecule has 0 saturated carbocycles. The van der Waals surface area contributed by atoms with Crippen LogP contribution in [0.4, 0.5) is 8.78 Å². The van der Waals surface area contributed by atoms with Crippen molar-refractivity contribution in [3.05, 3.63) is 28.8 Å². The molecule has 1 saturated heterocycles. The molecule has 1 heterocycles. The third-order valence-electron chi connectivity index (χ3n) is 3.05. The summed E-state index contributed by atoms with van der Waals surface area (Å²) >= 11 is 5.87.